The van der Waals surface area contributed by atoms with Gasteiger partial charge in [-0.1, -0.05) is 36.4 Å². The molecule has 2 aromatic carbocycles. The monoisotopic (exact) mass is 379 g/mol. The average molecular weight is 379 g/mol. The minimum Gasteiger partial charge on any atom is -0.380 e. The van der Waals surface area contributed by atoms with Crippen LogP contribution in [0, 0.1) is 0 Å². The number of guanidine groups is 1. The van der Waals surface area contributed by atoms with Gasteiger partial charge in [0.2, 0.25) is 0 Å². The van der Waals surface area contributed by atoms with E-state index in [4.69, 9.17) is 4.74 Å². The molecule has 2 N–H and O–H groups in total. The second-order valence-electron chi connectivity index (χ2n) is 5.99. The second-order valence-corrected chi connectivity index (χ2v) is 5.99. The van der Waals surface area contributed by atoms with Crippen molar-refractivity contribution in [3.05, 3.63) is 70.8 Å². The fourth-order valence-corrected chi connectivity index (χ4v) is 2.42. The summed E-state index contributed by atoms with van der Waals surface area (Å²) in [5.74, 6) is 0.610. The zero-order valence-corrected chi connectivity index (χ0v) is 15.4. The lowest BCUT2D eigenvalue weighted by atomic mass is 10.1. The van der Waals surface area contributed by atoms with Crippen LogP contribution in [0.4, 0.5) is 13.2 Å². The van der Waals surface area contributed by atoms with E-state index in [1.165, 1.54) is 12.1 Å². The van der Waals surface area contributed by atoms with E-state index in [9.17, 15) is 13.2 Å². The molecule has 0 aliphatic heterocycles. The van der Waals surface area contributed by atoms with Gasteiger partial charge in [0.25, 0.3) is 0 Å². The lowest BCUT2D eigenvalue weighted by Gasteiger charge is -2.12. The number of ether oxygens (including phenoxy) is 1. The number of hydrogen-bond donors (Lipinski definition) is 2. The summed E-state index contributed by atoms with van der Waals surface area (Å²) in [6.45, 7) is 4.10. The number of alkyl halides is 3. The van der Waals surface area contributed by atoms with Gasteiger partial charge < -0.3 is 15.4 Å². The smallest absolute Gasteiger partial charge is 0.380 e. The Morgan fingerprint density at radius 3 is 2.07 bits per heavy atom. The predicted octanol–water partition coefficient (Wildman–Crippen LogP) is 4.11. The molecule has 0 saturated heterocycles. The number of hydrogen-bond acceptors (Lipinski definition) is 2. The van der Waals surface area contributed by atoms with E-state index in [0.717, 1.165) is 23.3 Å². The van der Waals surface area contributed by atoms with Crippen LogP contribution in [0.3, 0.4) is 0 Å². The molecule has 0 fully saturated rings. The van der Waals surface area contributed by atoms with Gasteiger partial charge in [0, 0.05) is 20.2 Å². The van der Waals surface area contributed by atoms with Gasteiger partial charge in [-0.3, -0.25) is 0 Å². The van der Waals surface area contributed by atoms with Gasteiger partial charge in [-0.2, -0.15) is 13.2 Å². The van der Waals surface area contributed by atoms with Crippen molar-refractivity contribution in [1.82, 2.24) is 10.6 Å². The largest absolute Gasteiger partial charge is 0.416 e. The lowest BCUT2D eigenvalue weighted by Crippen LogP contribution is -2.36. The highest BCUT2D eigenvalue weighted by molar-refractivity contribution is 5.79. The second kappa shape index (κ2) is 9.97. The van der Waals surface area contributed by atoms with Crippen molar-refractivity contribution in [2.45, 2.75) is 32.8 Å². The first-order chi connectivity index (χ1) is 12.9. The highest BCUT2D eigenvalue weighted by atomic mass is 19.4. The fourth-order valence-electron chi connectivity index (χ4n) is 2.42. The lowest BCUT2D eigenvalue weighted by molar-refractivity contribution is -0.137. The van der Waals surface area contributed by atoms with Gasteiger partial charge in [0.05, 0.1) is 18.7 Å². The van der Waals surface area contributed by atoms with Crippen molar-refractivity contribution in [2.24, 2.45) is 4.99 Å². The summed E-state index contributed by atoms with van der Waals surface area (Å²) in [5, 5.41) is 6.35. The van der Waals surface area contributed by atoms with Crippen LogP contribution in [0.2, 0.25) is 0 Å². The summed E-state index contributed by atoms with van der Waals surface area (Å²) in [6, 6.07) is 13.1. The number of rotatable bonds is 7. The third-order valence-electron chi connectivity index (χ3n) is 3.84. The van der Waals surface area contributed by atoms with Crippen LogP contribution in [0.25, 0.3) is 0 Å². The van der Waals surface area contributed by atoms with E-state index in [-0.39, 0.29) is 0 Å². The van der Waals surface area contributed by atoms with Gasteiger partial charge in [0.15, 0.2) is 5.96 Å². The molecule has 0 saturated carbocycles. The van der Waals surface area contributed by atoms with Gasteiger partial charge in [-0.25, -0.2) is 4.99 Å². The average Bonchev–Trinajstić information content (AvgIpc) is 2.65. The Morgan fingerprint density at radius 2 is 1.52 bits per heavy atom. The number of benzene rings is 2. The van der Waals surface area contributed by atoms with Gasteiger partial charge in [0.1, 0.15) is 0 Å². The Labute approximate surface area is 157 Å². The molecule has 2 aromatic rings. The molecule has 0 unspecified atom stereocenters. The number of nitrogens with zero attached hydrogens (tertiary/aromatic N) is 1. The number of nitrogens with one attached hydrogen (secondary N) is 2. The third kappa shape index (κ3) is 6.94. The maximum absolute atomic E-state index is 12.6. The van der Waals surface area contributed by atoms with E-state index in [2.05, 4.69) is 15.6 Å². The Hall–Kier alpha value is -2.54. The van der Waals surface area contributed by atoms with E-state index in [1.807, 2.05) is 31.2 Å². The fraction of sp³-hybridized carbons (Fsp3) is 0.350. The minimum absolute atomic E-state index is 0.292. The van der Waals surface area contributed by atoms with E-state index in [1.54, 1.807) is 7.11 Å². The molecule has 0 aliphatic rings. The van der Waals surface area contributed by atoms with Crippen molar-refractivity contribution >= 4 is 5.96 Å². The Kier molecular flexibility index (Phi) is 7.67. The van der Waals surface area contributed by atoms with Crippen LogP contribution in [0.1, 0.15) is 29.2 Å². The maximum Gasteiger partial charge on any atom is 0.416 e. The summed E-state index contributed by atoms with van der Waals surface area (Å²) >= 11 is 0. The normalized spacial score (nSPS) is 12.1. The first-order valence-electron chi connectivity index (χ1n) is 8.67. The summed E-state index contributed by atoms with van der Waals surface area (Å²) in [4.78, 5) is 4.43. The topological polar surface area (TPSA) is 45.7 Å². The molecule has 0 atom stereocenters. The molecular formula is C20H24F3N3O. The maximum atomic E-state index is 12.6. The van der Waals surface area contributed by atoms with Gasteiger partial charge in [-0.15, -0.1) is 0 Å². The van der Waals surface area contributed by atoms with Gasteiger partial charge >= 0.3 is 6.18 Å². The van der Waals surface area contributed by atoms with Gasteiger partial charge in [-0.05, 0) is 35.7 Å². The molecule has 0 heterocycles. The zero-order chi connectivity index (χ0) is 19.7. The Morgan fingerprint density at radius 1 is 0.926 bits per heavy atom. The molecule has 27 heavy (non-hydrogen) atoms. The summed E-state index contributed by atoms with van der Waals surface area (Å²) in [7, 11) is 1.66. The Balaban J connectivity index is 1.95. The highest BCUT2D eigenvalue weighted by Gasteiger charge is 2.29. The highest BCUT2D eigenvalue weighted by Crippen LogP contribution is 2.29. The zero-order valence-electron chi connectivity index (χ0n) is 15.4. The van der Waals surface area contributed by atoms with E-state index >= 15 is 0 Å². The summed E-state index contributed by atoms with van der Waals surface area (Å²) in [6.07, 6.45) is -4.32. The van der Waals surface area contributed by atoms with Crippen molar-refractivity contribution in [3.63, 3.8) is 0 Å². The number of methoxy groups -OCH3 is 1. The molecule has 0 spiro atoms. The predicted molar refractivity (Wildman–Crippen MR) is 100 cm³/mol. The number of aliphatic imine (C=N–C) groups is 1. The molecule has 0 aliphatic carbocycles. The Bertz CT molecular complexity index is 726. The molecule has 0 bridgehead atoms. The van der Waals surface area contributed by atoms with Crippen LogP contribution >= 0.6 is 0 Å². The molecule has 0 aromatic heterocycles. The van der Waals surface area contributed by atoms with Crippen LogP contribution in [0.5, 0.6) is 0 Å². The van der Waals surface area contributed by atoms with Crippen LogP contribution in [0.15, 0.2) is 53.5 Å². The molecular weight excluding hydrogens is 355 g/mol. The molecule has 2 rings (SSSR count). The SMILES string of the molecule is CCNC(=NCc1ccc(C(F)(F)F)cc1)NCc1ccc(COC)cc1. The van der Waals surface area contributed by atoms with Crippen molar-refractivity contribution < 1.29 is 17.9 Å². The standard InChI is InChI=1S/C20H24F3N3O/c1-3-24-19(25-12-15-4-6-17(7-5-15)14-27-2)26-13-16-8-10-18(11-9-16)20(21,22)23/h4-11H,3,12-14H2,1-2H3,(H2,24,25,26). The quantitative estimate of drug-likeness (QED) is 0.562. The van der Waals surface area contributed by atoms with Crippen LogP contribution in [-0.4, -0.2) is 19.6 Å². The van der Waals surface area contributed by atoms with Crippen LogP contribution in [-0.2, 0) is 30.6 Å². The summed E-state index contributed by atoms with van der Waals surface area (Å²) < 4.78 is 42.9. The first-order valence-corrected chi connectivity index (χ1v) is 8.67. The minimum atomic E-state index is -4.32. The molecule has 0 radical (unpaired) electrons. The molecule has 146 valence electrons. The molecule has 4 nitrogen and oxygen atoms in total. The van der Waals surface area contributed by atoms with Crippen molar-refractivity contribution in [2.75, 3.05) is 13.7 Å². The molecule has 0 amide bonds. The summed E-state index contributed by atoms with van der Waals surface area (Å²) in [5.41, 5.74) is 2.25. The van der Waals surface area contributed by atoms with Crippen molar-refractivity contribution in [1.29, 1.82) is 0 Å². The van der Waals surface area contributed by atoms with Crippen molar-refractivity contribution in [3.8, 4) is 0 Å². The van der Waals surface area contributed by atoms with E-state index < -0.39 is 11.7 Å². The van der Waals surface area contributed by atoms with Crippen LogP contribution < -0.4 is 10.6 Å². The third-order valence-corrected chi connectivity index (χ3v) is 3.84. The van der Waals surface area contributed by atoms with E-state index in [0.29, 0.717) is 37.8 Å². The first kappa shape index (κ1) is 20.8. The molecule has 7 heteroatoms. The number of halogens is 3.